The predicted octanol–water partition coefficient (Wildman–Crippen LogP) is 1.70. The van der Waals surface area contributed by atoms with Gasteiger partial charge in [-0.15, -0.1) is 0 Å². The van der Waals surface area contributed by atoms with Gasteiger partial charge >= 0.3 is 0 Å². The molecule has 2 N–H and O–H groups in total. The molecule has 19 heavy (non-hydrogen) atoms. The Kier molecular flexibility index (Phi) is 4.03. The lowest BCUT2D eigenvalue weighted by Gasteiger charge is -2.19. The van der Waals surface area contributed by atoms with Gasteiger partial charge in [0.15, 0.2) is 0 Å². The molecule has 0 radical (unpaired) electrons. The lowest BCUT2D eigenvalue weighted by atomic mass is 10.3. The van der Waals surface area contributed by atoms with Crippen LogP contribution in [0.4, 0.5) is 0 Å². The molecular formula is C13H23N3O2S. The summed E-state index contributed by atoms with van der Waals surface area (Å²) in [5.41, 5.74) is 6.56. The molecule has 5 nitrogen and oxygen atoms in total. The van der Waals surface area contributed by atoms with Crippen molar-refractivity contribution in [3.05, 3.63) is 18.0 Å². The summed E-state index contributed by atoms with van der Waals surface area (Å²) in [6.45, 7) is 6.81. The van der Waals surface area contributed by atoms with Gasteiger partial charge in [0, 0.05) is 37.1 Å². The molecule has 0 amide bonds. The van der Waals surface area contributed by atoms with E-state index < -0.39 is 10.0 Å². The maximum atomic E-state index is 12.6. The van der Waals surface area contributed by atoms with Crippen LogP contribution in [0.2, 0.25) is 0 Å². The minimum atomic E-state index is -3.38. The molecule has 0 spiro atoms. The van der Waals surface area contributed by atoms with Gasteiger partial charge in [-0.2, -0.15) is 4.31 Å². The number of nitrogens with two attached hydrogens (primary N) is 1. The van der Waals surface area contributed by atoms with Gasteiger partial charge in [0.05, 0.1) is 0 Å². The van der Waals surface area contributed by atoms with Crippen LogP contribution in [0.15, 0.2) is 17.2 Å². The third-order valence-electron chi connectivity index (χ3n) is 3.54. The Bertz CT molecular complexity index is 544. The lowest BCUT2D eigenvalue weighted by Crippen LogP contribution is -2.32. The monoisotopic (exact) mass is 285 g/mol. The molecule has 1 heterocycles. The molecule has 108 valence electrons. The third kappa shape index (κ3) is 2.70. The molecule has 6 heteroatoms. The van der Waals surface area contributed by atoms with E-state index in [4.69, 9.17) is 5.73 Å². The molecular weight excluding hydrogens is 262 g/mol. The summed E-state index contributed by atoms with van der Waals surface area (Å²) in [6.07, 6.45) is 3.66. The summed E-state index contributed by atoms with van der Waals surface area (Å²) in [5.74, 6) is 0. The smallest absolute Gasteiger partial charge is 0.244 e. The van der Waals surface area contributed by atoms with E-state index in [1.54, 1.807) is 16.6 Å². The highest BCUT2D eigenvalue weighted by Crippen LogP contribution is 2.32. The quantitative estimate of drug-likeness (QED) is 0.865. The zero-order chi connectivity index (χ0) is 14.2. The standard InChI is InChI=1S/C13H23N3O2S/c1-4-16(11-5-6-11)19(17,18)13-7-12(8-14)15(9-13)10(2)3/h7,9-11H,4-6,8,14H2,1-3H3. The fraction of sp³-hybridized carbons (Fsp3) is 0.692. The Morgan fingerprint density at radius 1 is 1.47 bits per heavy atom. The van der Waals surface area contributed by atoms with Gasteiger partial charge in [-0.25, -0.2) is 8.42 Å². The van der Waals surface area contributed by atoms with Crippen molar-refractivity contribution in [1.29, 1.82) is 0 Å². The second-order valence-electron chi connectivity index (χ2n) is 5.31. The highest BCUT2D eigenvalue weighted by atomic mass is 32.2. The second kappa shape index (κ2) is 5.26. The molecule has 1 aliphatic carbocycles. The number of rotatable bonds is 6. The molecule has 1 fully saturated rings. The van der Waals surface area contributed by atoms with Crippen molar-refractivity contribution < 1.29 is 8.42 Å². The van der Waals surface area contributed by atoms with E-state index in [2.05, 4.69) is 0 Å². The Morgan fingerprint density at radius 2 is 2.11 bits per heavy atom. The zero-order valence-corrected chi connectivity index (χ0v) is 12.7. The molecule has 2 rings (SSSR count). The SMILES string of the molecule is CCN(C1CC1)S(=O)(=O)c1cc(CN)n(C(C)C)c1. The Hall–Kier alpha value is -0.850. The number of hydrogen-bond donors (Lipinski definition) is 1. The normalized spacial score (nSPS) is 16.5. The third-order valence-corrected chi connectivity index (χ3v) is 5.54. The average Bonchev–Trinajstić information content (AvgIpc) is 3.06. The van der Waals surface area contributed by atoms with Crippen LogP contribution < -0.4 is 5.73 Å². The van der Waals surface area contributed by atoms with E-state index in [9.17, 15) is 8.42 Å². The highest BCUT2D eigenvalue weighted by molar-refractivity contribution is 7.89. The van der Waals surface area contributed by atoms with Crippen LogP contribution in [0.5, 0.6) is 0 Å². The molecule has 1 aromatic rings. The summed E-state index contributed by atoms with van der Waals surface area (Å²) in [6, 6.07) is 2.11. The van der Waals surface area contributed by atoms with Crippen LogP contribution in [-0.2, 0) is 16.6 Å². The fourth-order valence-corrected chi connectivity index (χ4v) is 4.15. The number of sulfonamides is 1. The van der Waals surface area contributed by atoms with E-state index in [1.165, 1.54) is 0 Å². The first-order valence-electron chi connectivity index (χ1n) is 6.84. The molecule has 1 aliphatic rings. The van der Waals surface area contributed by atoms with Gasteiger partial charge < -0.3 is 10.3 Å². The molecule has 1 saturated carbocycles. The summed E-state index contributed by atoms with van der Waals surface area (Å²) in [4.78, 5) is 0.371. The molecule has 0 unspecified atom stereocenters. The van der Waals surface area contributed by atoms with Crippen molar-refractivity contribution >= 4 is 10.0 Å². The fourth-order valence-electron chi connectivity index (χ4n) is 2.40. The number of nitrogens with zero attached hydrogens (tertiary/aromatic N) is 2. The van der Waals surface area contributed by atoms with Gasteiger partial charge in [0.1, 0.15) is 4.90 Å². The molecule has 0 aliphatic heterocycles. The summed E-state index contributed by atoms with van der Waals surface area (Å²) >= 11 is 0. The largest absolute Gasteiger partial charge is 0.346 e. The van der Waals surface area contributed by atoms with Gasteiger partial charge in [-0.3, -0.25) is 0 Å². The van der Waals surface area contributed by atoms with E-state index >= 15 is 0 Å². The van der Waals surface area contributed by atoms with Crippen molar-refractivity contribution in [2.75, 3.05) is 6.54 Å². The van der Waals surface area contributed by atoms with Gasteiger partial charge in [-0.05, 0) is 32.8 Å². The summed E-state index contributed by atoms with van der Waals surface area (Å²) in [7, 11) is -3.38. The summed E-state index contributed by atoms with van der Waals surface area (Å²) in [5, 5.41) is 0. The summed E-state index contributed by atoms with van der Waals surface area (Å²) < 4.78 is 28.8. The van der Waals surface area contributed by atoms with Crippen molar-refractivity contribution in [3.63, 3.8) is 0 Å². The first-order valence-corrected chi connectivity index (χ1v) is 8.28. The molecule has 0 aromatic carbocycles. The van der Waals surface area contributed by atoms with Crippen molar-refractivity contribution in [1.82, 2.24) is 8.87 Å². The Balaban J connectivity index is 2.40. The average molecular weight is 285 g/mol. The second-order valence-corrected chi connectivity index (χ2v) is 7.20. The van der Waals surface area contributed by atoms with Gasteiger partial charge in [-0.1, -0.05) is 6.92 Å². The first kappa shape index (κ1) is 14.6. The lowest BCUT2D eigenvalue weighted by molar-refractivity contribution is 0.420. The van der Waals surface area contributed by atoms with Crippen molar-refractivity contribution in [2.24, 2.45) is 5.73 Å². The number of aromatic nitrogens is 1. The van der Waals surface area contributed by atoms with Crippen LogP contribution >= 0.6 is 0 Å². The topological polar surface area (TPSA) is 68.3 Å². The zero-order valence-electron chi connectivity index (χ0n) is 11.8. The van der Waals surface area contributed by atoms with E-state index in [0.29, 0.717) is 18.0 Å². The van der Waals surface area contributed by atoms with Crippen LogP contribution in [-0.4, -0.2) is 29.9 Å². The van der Waals surface area contributed by atoms with Crippen LogP contribution in [0, 0.1) is 0 Å². The maximum absolute atomic E-state index is 12.6. The van der Waals surface area contributed by atoms with E-state index in [0.717, 1.165) is 18.5 Å². The predicted molar refractivity (Wildman–Crippen MR) is 75.3 cm³/mol. The Labute approximate surface area is 115 Å². The number of hydrogen-bond acceptors (Lipinski definition) is 3. The molecule has 0 saturated heterocycles. The van der Waals surface area contributed by atoms with E-state index in [1.807, 2.05) is 25.3 Å². The van der Waals surface area contributed by atoms with Crippen molar-refractivity contribution in [2.45, 2.75) is 57.1 Å². The highest BCUT2D eigenvalue weighted by Gasteiger charge is 2.37. The van der Waals surface area contributed by atoms with Crippen LogP contribution in [0.3, 0.4) is 0 Å². The van der Waals surface area contributed by atoms with Gasteiger partial charge in [0.25, 0.3) is 0 Å². The van der Waals surface area contributed by atoms with Gasteiger partial charge in [0.2, 0.25) is 10.0 Å². The maximum Gasteiger partial charge on any atom is 0.244 e. The minimum absolute atomic E-state index is 0.193. The minimum Gasteiger partial charge on any atom is -0.346 e. The molecule has 0 atom stereocenters. The molecule has 0 bridgehead atoms. The van der Waals surface area contributed by atoms with Crippen LogP contribution in [0.1, 0.15) is 45.3 Å². The Morgan fingerprint density at radius 3 is 2.47 bits per heavy atom. The molecule has 1 aromatic heterocycles. The first-order chi connectivity index (χ1) is 8.91. The van der Waals surface area contributed by atoms with E-state index in [-0.39, 0.29) is 12.1 Å². The van der Waals surface area contributed by atoms with Crippen molar-refractivity contribution in [3.8, 4) is 0 Å². The van der Waals surface area contributed by atoms with Crippen LogP contribution in [0.25, 0.3) is 0 Å².